The quantitative estimate of drug-likeness (QED) is 0.819. The van der Waals surface area contributed by atoms with Gasteiger partial charge in [0, 0.05) is 5.69 Å². The van der Waals surface area contributed by atoms with E-state index in [0.29, 0.717) is 5.69 Å². The molecule has 0 aromatic heterocycles. The number of carbonyl (C=O) groups is 1. The summed E-state index contributed by atoms with van der Waals surface area (Å²) in [4.78, 5) is 11.9. The first-order valence-electron chi connectivity index (χ1n) is 5.63. The van der Waals surface area contributed by atoms with Gasteiger partial charge in [0.05, 0.1) is 6.04 Å². The molecule has 0 aliphatic carbocycles. The predicted molar refractivity (Wildman–Crippen MR) is 69.1 cm³/mol. The minimum atomic E-state index is -3.55. The molecule has 0 saturated carbocycles. The van der Waals surface area contributed by atoms with E-state index in [2.05, 4.69) is 0 Å². The normalized spacial score (nSPS) is 22.4. The summed E-state index contributed by atoms with van der Waals surface area (Å²) in [6.07, 6.45) is 0. The monoisotopic (exact) mass is 268 g/mol. The molecule has 1 heterocycles. The van der Waals surface area contributed by atoms with Gasteiger partial charge in [0.25, 0.3) is 15.9 Å². The van der Waals surface area contributed by atoms with Crippen molar-refractivity contribution in [2.24, 2.45) is 0 Å². The van der Waals surface area contributed by atoms with Crippen LogP contribution in [-0.2, 0) is 14.8 Å². The summed E-state index contributed by atoms with van der Waals surface area (Å²) in [5.41, 5.74) is 6.92. The van der Waals surface area contributed by atoms with Crippen LogP contribution in [0.3, 0.4) is 0 Å². The maximum atomic E-state index is 12.0. The van der Waals surface area contributed by atoms with Crippen molar-refractivity contribution in [1.29, 1.82) is 0 Å². The van der Waals surface area contributed by atoms with E-state index in [1.165, 1.54) is 13.8 Å². The van der Waals surface area contributed by atoms with Gasteiger partial charge in [-0.1, -0.05) is 12.1 Å². The Morgan fingerprint density at radius 3 is 2.17 bits per heavy atom. The van der Waals surface area contributed by atoms with Crippen LogP contribution in [0.5, 0.6) is 0 Å². The molecule has 1 aliphatic rings. The van der Waals surface area contributed by atoms with E-state index in [0.717, 1.165) is 9.87 Å². The lowest BCUT2D eigenvalue weighted by molar-refractivity contribution is -0.133. The molecule has 2 rings (SSSR count). The molecule has 0 bridgehead atoms. The molecule has 0 spiro atoms. The standard InChI is InChI=1S/C12H16N2O3S/c1-8(9-4-6-10(13)7-5-9)14-11(15)12(2,3)18(14,16)17/h4-8H,13H2,1-3H3. The van der Waals surface area contributed by atoms with Crippen LogP contribution in [0.2, 0.25) is 0 Å². The van der Waals surface area contributed by atoms with Gasteiger partial charge in [-0.15, -0.1) is 0 Å². The number of amides is 1. The van der Waals surface area contributed by atoms with Gasteiger partial charge >= 0.3 is 0 Å². The molecule has 5 nitrogen and oxygen atoms in total. The molecular weight excluding hydrogens is 252 g/mol. The number of hydrogen-bond donors (Lipinski definition) is 1. The lowest BCUT2D eigenvalue weighted by Crippen LogP contribution is -2.67. The molecule has 2 N–H and O–H groups in total. The second-order valence-corrected chi connectivity index (χ2v) is 7.32. The molecule has 1 aromatic rings. The van der Waals surface area contributed by atoms with E-state index in [1.54, 1.807) is 31.2 Å². The van der Waals surface area contributed by atoms with Crippen LogP contribution in [0.25, 0.3) is 0 Å². The lowest BCUT2D eigenvalue weighted by Gasteiger charge is -2.46. The fourth-order valence-electron chi connectivity index (χ4n) is 1.99. The van der Waals surface area contributed by atoms with Gasteiger partial charge < -0.3 is 5.73 Å². The first kappa shape index (κ1) is 12.9. The van der Waals surface area contributed by atoms with Crippen molar-refractivity contribution in [3.63, 3.8) is 0 Å². The molecule has 1 unspecified atom stereocenters. The highest BCUT2D eigenvalue weighted by Gasteiger charge is 2.61. The lowest BCUT2D eigenvalue weighted by atomic mass is 10.1. The van der Waals surface area contributed by atoms with Crippen LogP contribution in [0.15, 0.2) is 24.3 Å². The zero-order valence-corrected chi connectivity index (χ0v) is 11.4. The molecule has 18 heavy (non-hydrogen) atoms. The number of anilines is 1. The largest absolute Gasteiger partial charge is 0.399 e. The highest BCUT2D eigenvalue weighted by Crippen LogP contribution is 2.41. The van der Waals surface area contributed by atoms with E-state index in [4.69, 9.17) is 5.73 Å². The smallest absolute Gasteiger partial charge is 0.259 e. The summed E-state index contributed by atoms with van der Waals surface area (Å²) >= 11 is 0. The number of sulfonamides is 1. The highest BCUT2D eigenvalue weighted by molar-refractivity contribution is 7.94. The van der Waals surface area contributed by atoms with Gasteiger partial charge in [-0.25, -0.2) is 12.7 Å². The zero-order valence-electron chi connectivity index (χ0n) is 10.5. The van der Waals surface area contributed by atoms with Crippen molar-refractivity contribution in [2.45, 2.75) is 31.6 Å². The Morgan fingerprint density at radius 1 is 1.22 bits per heavy atom. The van der Waals surface area contributed by atoms with Crippen molar-refractivity contribution in [3.05, 3.63) is 29.8 Å². The summed E-state index contributed by atoms with van der Waals surface area (Å²) in [6, 6.07) is 6.33. The van der Waals surface area contributed by atoms with Crippen LogP contribution >= 0.6 is 0 Å². The highest BCUT2D eigenvalue weighted by atomic mass is 32.2. The molecule has 1 fully saturated rings. The molecule has 98 valence electrons. The number of benzene rings is 1. The van der Waals surface area contributed by atoms with Crippen LogP contribution in [0, 0.1) is 0 Å². The zero-order chi connectivity index (χ0) is 13.7. The van der Waals surface area contributed by atoms with Crippen LogP contribution < -0.4 is 5.73 Å². The Morgan fingerprint density at radius 2 is 1.72 bits per heavy atom. The van der Waals surface area contributed by atoms with Gasteiger partial charge in [0.15, 0.2) is 4.75 Å². The van der Waals surface area contributed by atoms with Crippen molar-refractivity contribution in [2.75, 3.05) is 5.73 Å². The Bertz CT molecular complexity index is 590. The molecule has 1 atom stereocenters. The Balaban J connectivity index is 2.35. The fraction of sp³-hybridized carbons (Fsp3) is 0.417. The minimum Gasteiger partial charge on any atom is -0.399 e. The van der Waals surface area contributed by atoms with Crippen LogP contribution in [0.1, 0.15) is 32.4 Å². The van der Waals surface area contributed by atoms with Crippen molar-refractivity contribution in [3.8, 4) is 0 Å². The number of rotatable bonds is 2. The van der Waals surface area contributed by atoms with Gasteiger partial charge in [-0.3, -0.25) is 4.79 Å². The fourth-order valence-corrected chi connectivity index (χ4v) is 3.65. The first-order chi connectivity index (χ1) is 8.19. The Hall–Kier alpha value is -1.56. The minimum absolute atomic E-state index is 0.369. The summed E-state index contributed by atoms with van der Waals surface area (Å²) in [5.74, 6) is -0.369. The van der Waals surface area contributed by atoms with Gasteiger partial charge in [-0.05, 0) is 38.5 Å². The summed E-state index contributed by atoms with van der Waals surface area (Å²) in [7, 11) is -3.55. The number of nitrogens with two attached hydrogens (primary N) is 1. The average Bonchev–Trinajstić information content (AvgIpc) is 2.29. The molecule has 0 radical (unpaired) electrons. The SMILES string of the molecule is CC(c1ccc(N)cc1)N1C(=O)C(C)(C)S1(=O)=O. The van der Waals surface area contributed by atoms with Crippen LogP contribution in [0.4, 0.5) is 5.69 Å². The van der Waals surface area contributed by atoms with Gasteiger partial charge in [0.1, 0.15) is 0 Å². The Kier molecular flexibility index (Phi) is 2.66. The van der Waals surface area contributed by atoms with Gasteiger partial charge in [0.2, 0.25) is 0 Å². The maximum Gasteiger partial charge on any atom is 0.259 e. The van der Waals surface area contributed by atoms with E-state index in [-0.39, 0.29) is 5.91 Å². The van der Waals surface area contributed by atoms with E-state index in [9.17, 15) is 13.2 Å². The summed E-state index contributed by atoms with van der Waals surface area (Å²) < 4.78 is 23.7. The topological polar surface area (TPSA) is 80.5 Å². The second-order valence-electron chi connectivity index (χ2n) is 4.96. The summed E-state index contributed by atoms with van der Waals surface area (Å²) in [6.45, 7) is 4.55. The molecule has 1 amide bonds. The van der Waals surface area contributed by atoms with E-state index >= 15 is 0 Å². The predicted octanol–water partition coefficient (Wildman–Crippen LogP) is 1.28. The number of hydrogen-bond acceptors (Lipinski definition) is 4. The molecule has 1 aliphatic heterocycles. The third-order valence-corrected chi connectivity index (χ3v) is 5.85. The third-order valence-electron chi connectivity index (χ3n) is 3.39. The van der Waals surface area contributed by atoms with Crippen molar-refractivity contribution in [1.82, 2.24) is 4.31 Å². The summed E-state index contributed by atoms with van der Waals surface area (Å²) in [5, 5.41) is 0. The third kappa shape index (κ3) is 1.52. The molecule has 1 saturated heterocycles. The molecule has 1 aromatic carbocycles. The molecular formula is C12H16N2O3S. The maximum absolute atomic E-state index is 12.0. The van der Waals surface area contributed by atoms with Gasteiger partial charge in [-0.2, -0.15) is 0 Å². The first-order valence-corrected chi connectivity index (χ1v) is 7.07. The number of carbonyl (C=O) groups excluding carboxylic acids is 1. The van der Waals surface area contributed by atoms with E-state index < -0.39 is 20.8 Å². The number of nitrogens with zero attached hydrogens (tertiary/aromatic N) is 1. The molecule has 6 heteroatoms. The van der Waals surface area contributed by atoms with Crippen molar-refractivity contribution >= 4 is 21.6 Å². The Labute approximate surface area is 107 Å². The van der Waals surface area contributed by atoms with Crippen molar-refractivity contribution < 1.29 is 13.2 Å². The number of nitrogen functional groups attached to an aromatic ring is 1. The van der Waals surface area contributed by atoms with Crippen LogP contribution in [-0.4, -0.2) is 23.4 Å². The average molecular weight is 268 g/mol. The van der Waals surface area contributed by atoms with E-state index in [1.807, 2.05) is 0 Å². The second kappa shape index (κ2) is 3.71.